The number of nitrogen functional groups attached to an aromatic ring is 1. The van der Waals surface area contributed by atoms with Gasteiger partial charge in [0.05, 0.1) is 0 Å². The fourth-order valence-electron chi connectivity index (χ4n) is 2.65. The summed E-state index contributed by atoms with van der Waals surface area (Å²) in [5.74, 6) is -4.13. The third kappa shape index (κ3) is 4.92. The van der Waals surface area contributed by atoms with E-state index in [9.17, 15) is 32.3 Å². The number of halogens is 3. The van der Waals surface area contributed by atoms with Gasteiger partial charge in [0, 0.05) is 13.1 Å². The molecule has 0 atom stereocenters. The average Bonchev–Trinajstić information content (AvgIpc) is 2.67. The summed E-state index contributed by atoms with van der Waals surface area (Å²) in [7, 11) is 0. The summed E-state index contributed by atoms with van der Waals surface area (Å²) in [5, 5.41) is 2.46. The van der Waals surface area contributed by atoms with E-state index < -0.39 is 47.0 Å². The smallest absolute Gasteiger partial charge is 0.384 e. The van der Waals surface area contributed by atoms with E-state index in [1.807, 2.05) is 0 Å². The van der Waals surface area contributed by atoms with Gasteiger partial charge in [-0.2, -0.15) is 13.2 Å². The Morgan fingerprint density at radius 2 is 1.72 bits per heavy atom. The summed E-state index contributed by atoms with van der Waals surface area (Å²) >= 11 is 0. The number of anilines is 1. The Balaban J connectivity index is 2.43. The molecule has 0 radical (unpaired) electrons. The van der Waals surface area contributed by atoms with Crippen LogP contribution in [0.15, 0.2) is 39.9 Å². The molecule has 0 aliphatic carbocycles. The minimum atomic E-state index is -5.37. The number of aromatic nitrogens is 2. The molecule has 0 aliphatic heterocycles. The fourth-order valence-corrected chi connectivity index (χ4v) is 2.65. The van der Waals surface area contributed by atoms with Crippen molar-refractivity contribution in [3.05, 3.63) is 62.3 Å². The van der Waals surface area contributed by atoms with E-state index in [1.54, 1.807) is 37.3 Å². The lowest BCUT2D eigenvalue weighted by atomic mass is 10.2. The van der Waals surface area contributed by atoms with Crippen molar-refractivity contribution in [1.82, 2.24) is 14.5 Å². The molecule has 1 heterocycles. The van der Waals surface area contributed by atoms with Crippen LogP contribution in [0.1, 0.15) is 29.3 Å². The molecule has 0 aliphatic rings. The Bertz CT molecular complexity index is 1030. The number of benzene rings is 1. The predicted octanol–water partition coefficient (Wildman–Crippen LogP) is 1.06. The molecule has 29 heavy (non-hydrogen) atoms. The fraction of sp³-hybridized carbons (Fsp3) is 0.333. The number of Topliss-reactive ketones (excluding diaryl/α,β-unsaturated/α-hetero) is 1. The second kappa shape index (κ2) is 8.76. The van der Waals surface area contributed by atoms with Crippen molar-refractivity contribution in [2.24, 2.45) is 0 Å². The quantitative estimate of drug-likeness (QED) is 0.660. The molecule has 156 valence electrons. The number of ketones is 1. The maximum Gasteiger partial charge on any atom is 0.455 e. The van der Waals surface area contributed by atoms with Gasteiger partial charge in [-0.1, -0.05) is 37.3 Å². The van der Waals surface area contributed by atoms with E-state index in [2.05, 4.69) is 5.32 Å². The summed E-state index contributed by atoms with van der Waals surface area (Å²) in [6.45, 7) is 0.724. The largest absolute Gasteiger partial charge is 0.455 e. The Labute approximate surface area is 162 Å². The van der Waals surface area contributed by atoms with Crippen LogP contribution in [0.4, 0.5) is 19.0 Å². The number of amides is 1. The zero-order valence-corrected chi connectivity index (χ0v) is 15.5. The number of nitrogens with one attached hydrogen (secondary N) is 1. The van der Waals surface area contributed by atoms with Crippen LogP contribution in [-0.4, -0.2) is 27.0 Å². The Morgan fingerprint density at radius 1 is 1.10 bits per heavy atom. The van der Waals surface area contributed by atoms with Gasteiger partial charge in [0.15, 0.2) is 0 Å². The van der Waals surface area contributed by atoms with Crippen molar-refractivity contribution in [2.75, 3.05) is 5.73 Å². The highest BCUT2D eigenvalue weighted by Gasteiger charge is 2.43. The first-order valence-corrected chi connectivity index (χ1v) is 8.63. The minimum Gasteiger partial charge on any atom is -0.384 e. The second-order valence-corrected chi connectivity index (χ2v) is 6.17. The topological polar surface area (TPSA) is 116 Å². The van der Waals surface area contributed by atoms with Gasteiger partial charge >= 0.3 is 11.9 Å². The Morgan fingerprint density at radius 3 is 2.28 bits per heavy atom. The van der Waals surface area contributed by atoms with E-state index in [0.717, 1.165) is 5.56 Å². The highest BCUT2D eigenvalue weighted by molar-refractivity contribution is 6.03. The molecule has 3 N–H and O–H groups in total. The van der Waals surface area contributed by atoms with Gasteiger partial charge in [-0.05, 0) is 12.0 Å². The van der Waals surface area contributed by atoms with E-state index >= 15 is 0 Å². The van der Waals surface area contributed by atoms with Gasteiger partial charge < -0.3 is 11.1 Å². The van der Waals surface area contributed by atoms with Gasteiger partial charge in [-0.15, -0.1) is 0 Å². The number of carbonyl (C=O) groups is 2. The first kappa shape index (κ1) is 21.9. The lowest BCUT2D eigenvalue weighted by Gasteiger charge is -2.16. The molecule has 0 fully saturated rings. The predicted molar refractivity (Wildman–Crippen MR) is 98.3 cm³/mol. The molecule has 0 bridgehead atoms. The first-order valence-electron chi connectivity index (χ1n) is 8.63. The van der Waals surface area contributed by atoms with Gasteiger partial charge in [-0.3, -0.25) is 19.0 Å². The zero-order valence-electron chi connectivity index (χ0n) is 15.5. The Hall–Kier alpha value is -3.37. The molecule has 8 nitrogen and oxygen atoms in total. The molecular weight excluding hydrogens is 393 g/mol. The van der Waals surface area contributed by atoms with Crippen LogP contribution >= 0.6 is 0 Å². The van der Waals surface area contributed by atoms with Crippen molar-refractivity contribution >= 4 is 17.5 Å². The standard InChI is InChI=1S/C18H19F3N4O4/c1-2-8-24-15(22)13(14(27)18(19,20)21)16(28)25(17(24)29)10-12(26)23-9-11-6-4-3-5-7-11/h3-7H,2,8-10,22H2,1H3,(H,23,26). The number of hydrogen-bond donors (Lipinski definition) is 2. The lowest BCUT2D eigenvalue weighted by molar-refractivity contribution is -0.121. The molecule has 0 saturated heterocycles. The highest BCUT2D eigenvalue weighted by Crippen LogP contribution is 2.22. The van der Waals surface area contributed by atoms with Crippen molar-refractivity contribution in [3.63, 3.8) is 0 Å². The maximum absolute atomic E-state index is 12.9. The van der Waals surface area contributed by atoms with Crippen LogP contribution in [0.25, 0.3) is 0 Å². The number of carbonyl (C=O) groups excluding carboxylic acids is 2. The van der Waals surface area contributed by atoms with Crippen LogP contribution in [0.5, 0.6) is 0 Å². The van der Waals surface area contributed by atoms with Crippen molar-refractivity contribution in [1.29, 1.82) is 0 Å². The van der Waals surface area contributed by atoms with Crippen LogP contribution < -0.4 is 22.3 Å². The summed E-state index contributed by atoms with van der Waals surface area (Å²) in [6.07, 6.45) is -5.07. The molecule has 0 saturated carbocycles. The van der Waals surface area contributed by atoms with Gasteiger partial charge in [-0.25, -0.2) is 9.36 Å². The van der Waals surface area contributed by atoms with Gasteiger partial charge in [0.2, 0.25) is 5.91 Å². The number of alkyl halides is 3. The van der Waals surface area contributed by atoms with Crippen molar-refractivity contribution < 1.29 is 22.8 Å². The number of nitrogens with two attached hydrogens (primary N) is 1. The molecule has 2 rings (SSSR count). The number of hydrogen-bond acceptors (Lipinski definition) is 5. The van der Waals surface area contributed by atoms with E-state index in [-0.39, 0.29) is 17.7 Å². The maximum atomic E-state index is 12.9. The van der Waals surface area contributed by atoms with E-state index in [1.165, 1.54) is 0 Å². The van der Waals surface area contributed by atoms with Crippen LogP contribution in [0.2, 0.25) is 0 Å². The summed E-state index contributed by atoms with van der Waals surface area (Å²) in [5.41, 5.74) is 2.27. The van der Waals surface area contributed by atoms with Gasteiger partial charge in [0.25, 0.3) is 11.3 Å². The van der Waals surface area contributed by atoms with Crippen molar-refractivity contribution in [2.45, 2.75) is 39.2 Å². The molecular formula is C18H19F3N4O4. The molecule has 2 aromatic rings. The molecule has 1 aromatic carbocycles. The van der Waals surface area contributed by atoms with Crippen molar-refractivity contribution in [3.8, 4) is 0 Å². The molecule has 11 heteroatoms. The van der Waals surface area contributed by atoms with E-state index in [4.69, 9.17) is 5.73 Å². The third-order valence-corrected chi connectivity index (χ3v) is 4.03. The summed E-state index contributed by atoms with van der Waals surface area (Å²) < 4.78 is 39.7. The second-order valence-electron chi connectivity index (χ2n) is 6.17. The van der Waals surface area contributed by atoms with Crippen LogP contribution in [0.3, 0.4) is 0 Å². The monoisotopic (exact) mass is 412 g/mol. The van der Waals surface area contributed by atoms with Gasteiger partial charge in [0.1, 0.15) is 17.9 Å². The zero-order chi connectivity index (χ0) is 21.8. The molecule has 1 amide bonds. The SMILES string of the molecule is CCCn1c(N)c(C(=O)C(F)(F)F)c(=O)n(CC(=O)NCc2ccccc2)c1=O. The summed E-state index contributed by atoms with van der Waals surface area (Å²) in [4.78, 5) is 48.8. The first-order chi connectivity index (χ1) is 13.6. The Kier molecular flexibility index (Phi) is 6.62. The molecule has 0 spiro atoms. The summed E-state index contributed by atoms with van der Waals surface area (Å²) in [6, 6.07) is 8.71. The third-order valence-electron chi connectivity index (χ3n) is 4.03. The molecule has 0 unspecified atom stereocenters. The minimum absolute atomic E-state index is 0.0842. The van der Waals surface area contributed by atoms with Crippen LogP contribution in [0, 0.1) is 0 Å². The lowest BCUT2D eigenvalue weighted by Crippen LogP contribution is -2.48. The van der Waals surface area contributed by atoms with E-state index in [0.29, 0.717) is 11.0 Å². The van der Waals surface area contributed by atoms with Crippen LogP contribution in [-0.2, 0) is 24.4 Å². The highest BCUT2D eigenvalue weighted by atomic mass is 19.4. The molecule has 1 aromatic heterocycles. The number of rotatable bonds is 7. The average molecular weight is 412 g/mol. The number of nitrogens with zero attached hydrogens (tertiary/aromatic N) is 2. The normalized spacial score (nSPS) is 11.3.